The lowest BCUT2D eigenvalue weighted by Crippen LogP contribution is -2.64. The predicted octanol–water partition coefficient (Wildman–Crippen LogP) is -2.53. The fourth-order valence-corrected chi connectivity index (χ4v) is 2.78. The molecular formula is C16H30N4O7. The normalized spacial score (nSPS) is 24.6. The summed E-state index contributed by atoms with van der Waals surface area (Å²) in [4.78, 5) is 11.7. The van der Waals surface area contributed by atoms with E-state index in [2.05, 4.69) is 10.6 Å². The van der Waals surface area contributed by atoms with Crippen molar-refractivity contribution in [2.75, 3.05) is 13.2 Å². The van der Waals surface area contributed by atoms with E-state index in [4.69, 9.17) is 20.6 Å². The average Bonchev–Trinajstić information content (AvgIpc) is 2.58. The van der Waals surface area contributed by atoms with E-state index in [9.17, 15) is 25.2 Å². The molecule has 0 aromatic carbocycles. The average molecular weight is 390 g/mol. The van der Waals surface area contributed by atoms with Crippen LogP contribution in [0.5, 0.6) is 0 Å². The van der Waals surface area contributed by atoms with Gasteiger partial charge in [0.05, 0.1) is 18.7 Å². The van der Waals surface area contributed by atoms with E-state index in [0.29, 0.717) is 6.42 Å². The molecular weight excluding hydrogens is 360 g/mol. The summed E-state index contributed by atoms with van der Waals surface area (Å²) in [6, 6.07) is -1.72. The molecule has 1 aliphatic rings. The zero-order valence-corrected chi connectivity index (χ0v) is 15.5. The number of carbonyl (C=O) groups excluding carboxylic acids is 1. The SMILES string of the molecule is CCCCO[C@@H]([C@@H]1OC(C(O)O)=C[C@H](NC(=N)N)[C@H]1NC(C)=O)[C@H](O)CO. The van der Waals surface area contributed by atoms with Crippen LogP contribution in [0.4, 0.5) is 0 Å². The van der Waals surface area contributed by atoms with Gasteiger partial charge in [-0.2, -0.15) is 0 Å². The van der Waals surface area contributed by atoms with Gasteiger partial charge < -0.3 is 46.3 Å². The van der Waals surface area contributed by atoms with Crippen LogP contribution in [-0.4, -0.2) is 82.2 Å². The number of guanidine groups is 1. The molecule has 156 valence electrons. The van der Waals surface area contributed by atoms with Crippen molar-refractivity contribution in [2.45, 2.75) is 63.4 Å². The summed E-state index contributed by atoms with van der Waals surface area (Å²) in [5, 5.41) is 51.3. The van der Waals surface area contributed by atoms with E-state index in [1.54, 1.807) is 0 Å². The second-order valence-corrected chi connectivity index (χ2v) is 6.27. The summed E-state index contributed by atoms with van der Waals surface area (Å²) in [5.41, 5.74) is 5.39. The van der Waals surface area contributed by atoms with Crippen molar-refractivity contribution in [1.82, 2.24) is 10.6 Å². The van der Waals surface area contributed by atoms with Crippen molar-refractivity contribution in [3.63, 3.8) is 0 Å². The van der Waals surface area contributed by atoms with Gasteiger partial charge in [0, 0.05) is 13.5 Å². The molecule has 1 amide bonds. The lowest BCUT2D eigenvalue weighted by molar-refractivity contribution is -0.156. The third-order valence-corrected chi connectivity index (χ3v) is 4.00. The first-order valence-electron chi connectivity index (χ1n) is 8.73. The molecule has 1 heterocycles. The first kappa shape index (κ1) is 23.1. The van der Waals surface area contributed by atoms with Crippen LogP contribution in [0.15, 0.2) is 11.8 Å². The molecule has 0 saturated carbocycles. The molecule has 1 rings (SSSR count). The van der Waals surface area contributed by atoms with Gasteiger partial charge in [-0.15, -0.1) is 0 Å². The monoisotopic (exact) mass is 390 g/mol. The van der Waals surface area contributed by atoms with Crippen molar-refractivity contribution in [3.05, 3.63) is 11.8 Å². The Morgan fingerprint density at radius 2 is 2.07 bits per heavy atom. The van der Waals surface area contributed by atoms with Gasteiger partial charge in [0.15, 0.2) is 11.7 Å². The topological polar surface area (TPSA) is 190 Å². The molecule has 0 fully saturated rings. The number of nitrogens with one attached hydrogen (secondary N) is 3. The predicted molar refractivity (Wildman–Crippen MR) is 95.4 cm³/mol. The van der Waals surface area contributed by atoms with Crippen molar-refractivity contribution >= 4 is 11.9 Å². The smallest absolute Gasteiger partial charge is 0.217 e. The molecule has 0 aromatic rings. The van der Waals surface area contributed by atoms with E-state index < -0.39 is 55.2 Å². The fraction of sp³-hybridized carbons (Fsp3) is 0.750. The standard InChI is InChI=1S/C16H30N4O7/c1-3-4-5-26-13(10(23)7-21)14-12(19-8(2)22)9(20-16(17)18)6-11(27-14)15(24)25/h6,9-10,12-15,21,23-25H,3-5,7H2,1-2H3,(H,19,22)(H4,17,18,20)/t9-,10+,12+,13+,14+/m0/s1. The minimum absolute atomic E-state index is 0.255. The number of carbonyl (C=O) groups is 1. The molecule has 0 saturated heterocycles. The summed E-state index contributed by atoms with van der Waals surface area (Å²) in [6.07, 6.45) is -2.70. The molecule has 11 heteroatoms. The van der Waals surface area contributed by atoms with Gasteiger partial charge in [-0.1, -0.05) is 13.3 Å². The quantitative estimate of drug-likeness (QED) is 0.0860. The van der Waals surface area contributed by atoms with Crippen molar-refractivity contribution in [3.8, 4) is 0 Å². The molecule has 0 spiro atoms. The van der Waals surface area contributed by atoms with Crippen molar-refractivity contribution < 1.29 is 34.7 Å². The number of hydrogen-bond donors (Lipinski definition) is 8. The fourth-order valence-electron chi connectivity index (χ4n) is 2.78. The number of rotatable bonds is 10. The van der Waals surface area contributed by atoms with Crippen LogP contribution in [-0.2, 0) is 14.3 Å². The maximum absolute atomic E-state index is 11.7. The number of ether oxygens (including phenoxy) is 2. The second kappa shape index (κ2) is 11.0. The Morgan fingerprint density at radius 1 is 1.41 bits per heavy atom. The number of aliphatic hydroxyl groups is 4. The lowest BCUT2D eigenvalue weighted by atomic mass is 9.91. The van der Waals surface area contributed by atoms with Gasteiger partial charge >= 0.3 is 0 Å². The second-order valence-electron chi connectivity index (χ2n) is 6.27. The van der Waals surface area contributed by atoms with Crippen LogP contribution in [0.1, 0.15) is 26.7 Å². The van der Waals surface area contributed by atoms with Crippen LogP contribution >= 0.6 is 0 Å². The van der Waals surface area contributed by atoms with Crippen molar-refractivity contribution in [1.29, 1.82) is 5.41 Å². The van der Waals surface area contributed by atoms with E-state index >= 15 is 0 Å². The first-order chi connectivity index (χ1) is 12.7. The Bertz CT molecular complexity index is 529. The summed E-state index contributed by atoms with van der Waals surface area (Å²) >= 11 is 0. The number of amides is 1. The summed E-state index contributed by atoms with van der Waals surface area (Å²) in [7, 11) is 0. The lowest BCUT2D eigenvalue weighted by Gasteiger charge is -2.42. The molecule has 0 bridgehead atoms. The summed E-state index contributed by atoms with van der Waals surface area (Å²) < 4.78 is 11.3. The Balaban J connectivity index is 3.26. The van der Waals surface area contributed by atoms with Gasteiger partial charge in [0.25, 0.3) is 0 Å². The Hall–Kier alpha value is -1.92. The van der Waals surface area contributed by atoms with E-state index in [1.807, 2.05) is 6.92 Å². The van der Waals surface area contributed by atoms with Gasteiger partial charge in [-0.3, -0.25) is 10.2 Å². The highest BCUT2D eigenvalue weighted by atomic mass is 16.6. The number of hydrogen-bond acceptors (Lipinski definition) is 8. The largest absolute Gasteiger partial charge is 0.485 e. The Kier molecular flexibility index (Phi) is 9.46. The molecule has 1 aliphatic heterocycles. The maximum Gasteiger partial charge on any atom is 0.217 e. The zero-order chi connectivity index (χ0) is 20.6. The molecule has 27 heavy (non-hydrogen) atoms. The van der Waals surface area contributed by atoms with Crippen LogP contribution in [0.25, 0.3) is 0 Å². The highest BCUT2D eigenvalue weighted by molar-refractivity contribution is 5.76. The maximum atomic E-state index is 11.7. The van der Waals surface area contributed by atoms with E-state index in [0.717, 1.165) is 6.42 Å². The molecule has 9 N–H and O–H groups in total. The Labute approximate surface area is 157 Å². The zero-order valence-electron chi connectivity index (χ0n) is 15.5. The third kappa shape index (κ3) is 6.96. The van der Waals surface area contributed by atoms with E-state index in [-0.39, 0.29) is 12.4 Å². The van der Waals surface area contributed by atoms with Crippen LogP contribution in [0, 0.1) is 5.41 Å². The van der Waals surface area contributed by atoms with Gasteiger partial charge in [-0.05, 0) is 12.5 Å². The molecule has 0 aromatic heterocycles. The van der Waals surface area contributed by atoms with Crippen LogP contribution < -0.4 is 16.4 Å². The highest BCUT2D eigenvalue weighted by Gasteiger charge is 2.44. The van der Waals surface area contributed by atoms with Gasteiger partial charge in [-0.25, -0.2) is 0 Å². The Morgan fingerprint density at radius 3 is 2.56 bits per heavy atom. The van der Waals surface area contributed by atoms with Crippen LogP contribution in [0.2, 0.25) is 0 Å². The third-order valence-electron chi connectivity index (χ3n) is 4.00. The van der Waals surface area contributed by atoms with E-state index in [1.165, 1.54) is 13.0 Å². The highest BCUT2D eigenvalue weighted by Crippen LogP contribution is 2.26. The number of nitrogens with two attached hydrogens (primary N) is 1. The molecule has 11 nitrogen and oxygen atoms in total. The molecule has 5 atom stereocenters. The van der Waals surface area contributed by atoms with Crippen LogP contribution in [0.3, 0.4) is 0 Å². The minimum Gasteiger partial charge on any atom is -0.485 e. The number of unbranched alkanes of at least 4 members (excludes halogenated alkanes) is 1. The molecule has 0 radical (unpaired) electrons. The number of aliphatic hydroxyl groups excluding tert-OH is 3. The van der Waals surface area contributed by atoms with Gasteiger partial charge in [0.1, 0.15) is 18.3 Å². The molecule has 0 unspecified atom stereocenters. The summed E-state index contributed by atoms with van der Waals surface area (Å²) in [5.74, 6) is -1.09. The minimum atomic E-state index is -1.97. The summed E-state index contributed by atoms with van der Waals surface area (Å²) in [6.45, 7) is 2.86. The first-order valence-corrected chi connectivity index (χ1v) is 8.73. The van der Waals surface area contributed by atoms with Gasteiger partial charge in [0.2, 0.25) is 12.2 Å². The molecule has 0 aliphatic carbocycles. The van der Waals surface area contributed by atoms with Crippen molar-refractivity contribution in [2.24, 2.45) is 5.73 Å².